The highest BCUT2D eigenvalue weighted by atomic mass is 19.1. The van der Waals surface area contributed by atoms with Gasteiger partial charge in [0.1, 0.15) is 0 Å². The second-order valence-electron chi connectivity index (χ2n) is 8.72. The molecule has 3 N–H and O–H groups in total. The number of halogens is 2. The van der Waals surface area contributed by atoms with Crippen LogP contribution in [0.3, 0.4) is 0 Å². The number of aromatic nitrogens is 2. The van der Waals surface area contributed by atoms with Crippen LogP contribution in [-0.2, 0) is 16.8 Å². The third kappa shape index (κ3) is 3.45. The zero-order valence-electron chi connectivity index (χ0n) is 18.3. The van der Waals surface area contributed by atoms with Crippen LogP contribution in [0.25, 0.3) is 11.0 Å². The van der Waals surface area contributed by atoms with E-state index in [0.29, 0.717) is 27.8 Å². The summed E-state index contributed by atoms with van der Waals surface area (Å²) in [5.41, 5.74) is 2.21. The Bertz CT molecular complexity index is 1440. The van der Waals surface area contributed by atoms with E-state index in [4.69, 9.17) is 0 Å². The first kappa shape index (κ1) is 21.6. The van der Waals surface area contributed by atoms with Crippen molar-refractivity contribution < 1.29 is 23.5 Å². The van der Waals surface area contributed by atoms with Gasteiger partial charge in [0.05, 0.1) is 28.7 Å². The summed E-state index contributed by atoms with van der Waals surface area (Å²) in [5.74, 6) is -3.54. The smallest absolute Gasteiger partial charge is 0.257 e. The topological polar surface area (TPSA) is 98.3 Å². The van der Waals surface area contributed by atoms with Crippen molar-refractivity contribution in [3.05, 3.63) is 82.9 Å². The van der Waals surface area contributed by atoms with Crippen LogP contribution in [0.4, 0.5) is 20.4 Å². The Morgan fingerprint density at radius 1 is 1.12 bits per heavy atom. The van der Waals surface area contributed by atoms with Crippen LogP contribution in [0.1, 0.15) is 35.3 Å². The average molecular weight is 462 g/mol. The molecule has 1 aliphatic heterocycles. The highest BCUT2D eigenvalue weighted by molar-refractivity contribution is 6.10. The number of hydrogen-bond acceptors (Lipinski definition) is 4. The lowest BCUT2D eigenvalue weighted by Gasteiger charge is -2.20. The molecule has 1 aliphatic rings. The molecule has 5 rings (SSSR count). The number of carbonyl (C=O) groups is 2. The zero-order chi connectivity index (χ0) is 24.2. The van der Waals surface area contributed by atoms with E-state index in [2.05, 4.69) is 15.3 Å². The number of nitrogens with zero attached hydrogens (tertiary/aromatic N) is 2. The van der Waals surface area contributed by atoms with E-state index < -0.39 is 22.8 Å². The minimum Gasteiger partial charge on any atom is -0.503 e. The molecule has 0 fully saturated rings. The number of phenolic OH excluding ortho intramolecular Hbond substituents is 1. The average Bonchev–Trinajstić information content (AvgIpc) is 3.28. The van der Waals surface area contributed by atoms with E-state index in [-0.39, 0.29) is 29.9 Å². The Hall–Kier alpha value is -4.27. The van der Waals surface area contributed by atoms with Gasteiger partial charge in [0.2, 0.25) is 11.9 Å². The summed E-state index contributed by atoms with van der Waals surface area (Å²) < 4.78 is 27.7. The number of phenols is 1. The van der Waals surface area contributed by atoms with Crippen molar-refractivity contribution in [2.45, 2.75) is 25.8 Å². The lowest BCUT2D eigenvalue weighted by Crippen LogP contribution is -2.35. The molecule has 0 radical (unpaired) electrons. The van der Waals surface area contributed by atoms with Crippen molar-refractivity contribution in [1.29, 1.82) is 0 Å². The van der Waals surface area contributed by atoms with Crippen LogP contribution in [0, 0.1) is 11.6 Å². The van der Waals surface area contributed by atoms with Crippen LogP contribution in [0.2, 0.25) is 0 Å². The van der Waals surface area contributed by atoms with E-state index in [9.17, 15) is 23.5 Å². The third-order valence-corrected chi connectivity index (χ3v) is 6.03. The number of benzene rings is 3. The molecule has 34 heavy (non-hydrogen) atoms. The number of rotatable bonds is 4. The second-order valence-corrected chi connectivity index (χ2v) is 8.72. The zero-order valence-corrected chi connectivity index (χ0v) is 18.3. The predicted molar refractivity (Wildman–Crippen MR) is 123 cm³/mol. The number of amides is 2. The summed E-state index contributed by atoms with van der Waals surface area (Å²) in [4.78, 5) is 34.6. The molecule has 0 saturated heterocycles. The molecule has 7 nitrogen and oxygen atoms in total. The van der Waals surface area contributed by atoms with Gasteiger partial charge in [0.25, 0.3) is 5.91 Å². The Morgan fingerprint density at radius 2 is 1.79 bits per heavy atom. The molecule has 4 aromatic rings. The van der Waals surface area contributed by atoms with E-state index in [1.54, 1.807) is 50.2 Å². The van der Waals surface area contributed by atoms with Gasteiger partial charge in [-0.3, -0.25) is 14.9 Å². The number of carbonyl (C=O) groups excluding carboxylic acids is 2. The molecule has 172 valence electrons. The highest BCUT2D eigenvalue weighted by Gasteiger charge is 2.44. The molecular weight excluding hydrogens is 442 g/mol. The van der Waals surface area contributed by atoms with Crippen molar-refractivity contribution in [2.75, 3.05) is 10.2 Å². The van der Waals surface area contributed by atoms with Crippen LogP contribution in [-0.4, -0.2) is 26.9 Å². The fourth-order valence-corrected chi connectivity index (χ4v) is 4.21. The Labute approximate surface area is 193 Å². The van der Waals surface area contributed by atoms with Gasteiger partial charge in [-0.15, -0.1) is 0 Å². The summed E-state index contributed by atoms with van der Waals surface area (Å²) >= 11 is 0. The summed E-state index contributed by atoms with van der Waals surface area (Å²) in [6, 6.07) is 14.2. The van der Waals surface area contributed by atoms with Crippen LogP contribution in [0.5, 0.6) is 5.75 Å². The lowest BCUT2D eigenvalue weighted by atomic mass is 9.86. The Kier molecular flexibility index (Phi) is 4.85. The van der Waals surface area contributed by atoms with Crippen LogP contribution >= 0.6 is 0 Å². The maximum atomic E-state index is 13.9. The molecule has 0 atom stereocenters. The number of anilines is 2. The molecule has 0 aliphatic carbocycles. The van der Waals surface area contributed by atoms with E-state index in [0.717, 1.165) is 12.1 Å². The molecule has 2 heterocycles. The number of aromatic hydroxyl groups is 1. The minimum absolute atomic E-state index is 0.0864. The number of H-pyrrole nitrogens is 1. The summed E-state index contributed by atoms with van der Waals surface area (Å²) in [7, 11) is 0. The fraction of sp³-hybridized carbons (Fsp3) is 0.160. The molecule has 0 saturated carbocycles. The number of hydrogen-bond donors (Lipinski definition) is 3. The van der Waals surface area contributed by atoms with Crippen molar-refractivity contribution in [3.63, 3.8) is 0 Å². The van der Waals surface area contributed by atoms with Gasteiger partial charge in [-0.05, 0) is 61.4 Å². The van der Waals surface area contributed by atoms with Gasteiger partial charge in [0, 0.05) is 5.56 Å². The van der Waals surface area contributed by atoms with Crippen molar-refractivity contribution in [2.24, 2.45) is 0 Å². The van der Waals surface area contributed by atoms with Crippen molar-refractivity contribution in [3.8, 4) is 5.75 Å². The third-order valence-electron chi connectivity index (χ3n) is 6.03. The number of nitrogens with one attached hydrogen (secondary N) is 2. The van der Waals surface area contributed by atoms with Gasteiger partial charge < -0.3 is 15.0 Å². The monoisotopic (exact) mass is 462 g/mol. The molecule has 0 spiro atoms. The molecular formula is C25H20F2N4O3. The van der Waals surface area contributed by atoms with Crippen LogP contribution in [0.15, 0.2) is 54.6 Å². The largest absolute Gasteiger partial charge is 0.503 e. The molecule has 1 aromatic heterocycles. The van der Waals surface area contributed by atoms with E-state index >= 15 is 0 Å². The first-order valence-corrected chi connectivity index (χ1v) is 10.5. The lowest BCUT2D eigenvalue weighted by molar-refractivity contribution is -0.122. The fourth-order valence-electron chi connectivity index (χ4n) is 4.21. The highest BCUT2D eigenvalue weighted by Crippen LogP contribution is 2.44. The maximum Gasteiger partial charge on any atom is 0.257 e. The second kappa shape index (κ2) is 7.65. The van der Waals surface area contributed by atoms with Gasteiger partial charge in [-0.1, -0.05) is 18.2 Å². The molecule has 0 bridgehead atoms. The summed E-state index contributed by atoms with van der Waals surface area (Å²) in [5, 5.41) is 12.1. The molecule has 2 amide bonds. The number of imidazole rings is 1. The minimum atomic E-state index is -1.09. The summed E-state index contributed by atoms with van der Waals surface area (Å²) in [6.45, 7) is 3.45. The van der Waals surface area contributed by atoms with Gasteiger partial charge >= 0.3 is 0 Å². The normalized spacial score (nSPS) is 14.5. The van der Waals surface area contributed by atoms with Gasteiger partial charge in [-0.2, -0.15) is 0 Å². The van der Waals surface area contributed by atoms with Gasteiger partial charge in [-0.25, -0.2) is 13.8 Å². The molecule has 9 heteroatoms. The van der Waals surface area contributed by atoms with Crippen molar-refractivity contribution >= 4 is 34.5 Å². The molecule has 3 aromatic carbocycles. The summed E-state index contributed by atoms with van der Waals surface area (Å²) in [6.07, 6.45) is 0. The SMILES string of the molecule is CC1(C)C(=O)N(Cc2cc(F)c(O)c(F)c2)c2cc3nc(NC(=O)c4ccccc4)[nH]c3cc21. The quantitative estimate of drug-likeness (QED) is 0.412. The molecule has 0 unspecified atom stereocenters. The van der Waals surface area contributed by atoms with Gasteiger partial charge in [0.15, 0.2) is 17.4 Å². The first-order valence-electron chi connectivity index (χ1n) is 10.5. The standard InChI is InChI=1S/C25H20F2N4O3/c1-25(2)15-10-18-19(29-24(28-18)30-22(33)14-6-4-3-5-7-14)11-20(15)31(23(25)34)12-13-8-16(26)21(32)17(27)9-13/h3-11,32H,12H2,1-2H3,(H2,28,29,30,33). The van der Waals surface area contributed by atoms with E-state index in [1.165, 1.54) is 4.90 Å². The number of aromatic amines is 1. The maximum absolute atomic E-state index is 13.9. The van der Waals surface area contributed by atoms with Crippen molar-refractivity contribution in [1.82, 2.24) is 9.97 Å². The Balaban J connectivity index is 1.51. The van der Waals surface area contributed by atoms with E-state index in [1.807, 2.05) is 6.07 Å². The van der Waals surface area contributed by atoms with Crippen LogP contribution < -0.4 is 10.2 Å². The first-order chi connectivity index (χ1) is 16.1. The number of fused-ring (bicyclic) bond motifs is 2. The Morgan fingerprint density at radius 3 is 2.47 bits per heavy atom. The predicted octanol–water partition coefficient (Wildman–Crippen LogP) is 4.62.